The molecule has 0 unspecified atom stereocenters. The molecule has 1 radical (unpaired) electrons. The van der Waals surface area contributed by atoms with Gasteiger partial charge in [-0.3, -0.25) is 0 Å². The van der Waals surface area contributed by atoms with Crippen molar-refractivity contribution in [2.75, 3.05) is 13.2 Å². The fourth-order valence-corrected chi connectivity index (χ4v) is 0.970. The summed E-state index contributed by atoms with van der Waals surface area (Å²) >= 11 is 0. The van der Waals surface area contributed by atoms with Crippen molar-refractivity contribution in [2.24, 2.45) is 0 Å². The molecule has 0 bridgehead atoms. The van der Waals surface area contributed by atoms with Crippen molar-refractivity contribution >= 4 is 7.62 Å². The van der Waals surface area contributed by atoms with E-state index in [1.807, 2.05) is 0 Å². The van der Waals surface area contributed by atoms with Gasteiger partial charge in [-0.15, -0.1) is 0 Å². The van der Waals surface area contributed by atoms with Gasteiger partial charge in [0.15, 0.2) is 0 Å². The maximum Gasteiger partial charge on any atom is 0.393 e. The van der Waals surface area contributed by atoms with Crippen LogP contribution >= 0.6 is 0 Å². The van der Waals surface area contributed by atoms with Crippen molar-refractivity contribution in [3.05, 3.63) is 0 Å². The summed E-state index contributed by atoms with van der Waals surface area (Å²) in [4.78, 5) is 0. The molecule has 0 saturated carbocycles. The maximum atomic E-state index is 8.34. The highest BCUT2D eigenvalue weighted by atomic mass is 16.5. The number of hydrogen-bond donors (Lipinski definition) is 2. The summed E-state index contributed by atoms with van der Waals surface area (Å²) in [6.07, 6.45) is 1.99. The Morgan fingerprint density at radius 2 is 2.11 bits per heavy atom. The molecule has 0 atom stereocenters. The third-order valence-electron chi connectivity index (χ3n) is 1.53. The zero-order chi connectivity index (χ0) is 6.53. The van der Waals surface area contributed by atoms with E-state index in [4.69, 9.17) is 9.76 Å². The second kappa shape index (κ2) is 3.87. The minimum atomic E-state index is 0.420. The molecule has 1 heterocycles. The Labute approximate surface area is 55.7 Å². The summed E-state index contributed by atoms with van der Waals surface area (Å²) in [7, 11) is 1.01. The molecular formula is C5H11BNO2. The quantitative estimate of drug-likeness (QED) is 0.482. The van der Waals surface area contributed by atoms with Crippen molar-refractivity contribution in [2.45, 2.75) is 18.9 Å². The van der Waals surface area contributed by atoms with E-state index in [0.29, 0.717) is 6.04 Å². The number of nitrogens with one attached hydrogen (secondary N) is 1. The first-order valence-corrected chi connectivity index (χ1v) is 3.23. The average molecular weight is 128 g/mol. The minimum absolute atomic E-state index is 0.420. The smallest absolute Gasteiger partial charge is 0.393 e. The van der Waals surface area contributed by atoms with Crippen molar-refractivity contribution in [3.63, 3.8) is 0 Å². The van der Waals surface area contributed by atoms with Gasteiger partial charge in [0.05, 0.1) is 0 Å². The van der Waals surface area contributed by atoms with Crippen LogP contribution in [0.3, 0.4) is 0 Å². The van der Waals surface area contributed by atoms with Crippen molar-refractivity contribution in [3.8, 4) is 0 Å². The van der Waals surface area contributed by atoms with Crippen LogP contribution in [0.25, 0.3) is 0 Å². The lowest BCUT2D eigenvalue weighted by atomic mass is 10.1. The third kappa shape index (κ3) is 2.34. The van der Waals surface area contributed by atoms with E-state index in [9.17, 15) is 0 Å². The standard InChI is InChI=1S/C5H11BNO2/c8-6-7-5-1-3-9-4-2-5/h5,7-8H,1-4H2. The number of ether oxygens (including phenoxy) is 1. The van der Waals surface area contributed by atoms with Crippen LogP contribution in [0, 0.1) is 0 Å². The zero-order valence-corrected chi connectivity index (χ0v) is 5.34. The van der Waals surface area contributed by atoms with E-state index in [2.05, 4.69) is 5.23 Å². The highest BCUT2D eigenvalue weighted by Gasteiger charge is 2.11. The van der Waals surface area contributed by atoms with Gasteiger partial charge in [0.25, 0.3) is 0 Å². The topological polar surface area (TPSA) is 41.5 Å². The predicted molar refractivity (Wildman–Crippen MR) is 34.9 cm³/mol. The van der Waals surface area contributed by atoms with Crippen LogP contribution in [0.4, 0.5) is 0 Å². The Kier molecular flexibility index (Phi) is 3.04. The first-order chi connectivity index (χ1) is 4.43. The van der Waals surface area contributed by atoms with Crippen LogP contribution in [-0.2, 0) is 4.74 Å². The van der Waals surface area contributed by atoms with E-state index in [0.717, 1.165) is 33.7 Å². The monoisotopic (exact) mass is 128 g/mol. The Morgan fingerprint density at radius 3 is 2.67 bits per heavy atom. The van der Waals surface area contributed by atoms with E-state index < -0.39 is 0 Å². The highest BCUT2D eigenvalue weighted by molar-refractivity contribution is 6.21. The van der Waals surface area contributed by atoms with Gasteiger partial charge in [0.2, 0.25) is 0 Å². The summed E-state index contributed by atoms with van der Waals surface area (Å²) in [6.45, 7) is 1.62. The molecule has 0 amide bonds. The lowest BCUT2D eigenvalue weighted by molar-refractivity contribution is 0.0825. The molecular weight excluding hydrogens is 117 g/mol. The molecule has 0 aromatic rings. The van der Waals surface area contributed by atoms with Crippen LogP contribution in [0.5, 0.6) is 0 Å². The van der Waals surface area contributed by atoms with Gasteiger partial charge < -0.3 is 15.0 Å². The van der Waals surface area contributed by atoms with Crippen LogP contribution in [0.1, 0.15) is 12.8 Å². The Morgan fingerprint density at radius 1 is 1.44 bits per heavy atom. The third-order valence-corrected chi connectivity index (χ3v) is 1.53. The molecule has 1 aliphatic rings. The van der Waals surface area contributed by atoms with Gasteiger partial charge in [-0.2, -0.15) is 0 Å². The zero-order valence-electron chi connectivity index (χ0n) is 5.34. The SMILES string of the molecule is O[B]NC1CCOCC1. The molecule has 0 aromatic carbocycles. The summed E-state index contributed by atoms with van der Waals surface area (Å²) in [5.41, 5.74) is 0. The second-order valence-corrected chi connectivity index (χ2v) is 2.18. The second-order valence-electron chi connectivity index (χ2n) is 2.18. The molecule has 1 saturated heterocycles. The molecule has 1 aliphatic heterocycles. The maximum absolute atomic E-state index is 8.34. The normalized spacial score (nSPS) is 21.9. The van der Waals surface area contributed by atoms with Gasteiger partial charge in [0.1, 0.15) is 0 Å². The summed E-state index contributed by atoms with van der Waals surface area (Å²) in [5, 5.41) is 11.2. The van der Waals surface area contributed by atoms with E-state index in [1.54, 1.807) is 0 Å². The van der Waals surface area contributed by atoms with Gasteiger partial charge >= 0.3 is 7.62 Å². The molecule has 0 spiro atoms. The lowest BCUT2D eigenvalue weighted by Gasteiger charge is -2.21. The van der Waals surface area contributed by atoms with E-state index in [1.165, 1.54) is 0 Å². The Balaban J connectivity index is 2.08. The number of hydrogen-bond acceptors (Lipinski definition) is 3. The minimum Gasteiger partial charge on any atom is -0.440 e. The van der Waals surface area contributed by atoms with Crippen LogP contribution < -0.4 is 5.23 Å². The van der Waals surface area contributed by atoms with Gasteiger partial charge in [0, 0.05) is 19.3 Å². The van der Waals surface area contributed by atoms with Crippen LogP contribution in [0.15, 0.2) is 0 Å². The van der Waals surface area contributed by atoms with Gasteiger partial charge in [-0.05, 0) is 12.8 Å². The number of rotatable bonds is 2. The van der Waals surface area contributed by atoms with Crippen molar-refractivity contribution < 1.29 is 9.76 Å². The highest BCUT2D eigenvalue weighted by Crippen LogP contribution is 2.04. The molecule has 4 heteroatoms. The van der Waals surface area contributed by atoms with Crippen molar-refractivity contribution in [1.29, 1.82) is 0 Å². The molecule has 9 heavy (non-hydrogen) atoms. The van der Waals surface area contributed by atoms with Crippen LogP contribution in [-0.4, -0.2) is 31.9 Å². The van der Waals surface area contributed by atoms with E-state index >= 15 is 0 Å². The predicted octanol–water partition coefficient (Wildman–Crippen LogP) is -0.719. The van der Waals surface area contributed by atoms with Crippen LogP contribution in [0.2, 0.25) is 0 Å². The fourth-order valence-electron chi connectivity index (χ4n) is 0.970. The molecule has 1 fully saturated rings. The molecule has 0 aliphatic carbocycles. The molecule has 51 valence electrons. The van der Waals surface area contributed by atoms with Gasteiger partial charge in [-0.1, -0.05) is 0 Å². The largest absolute Gasteiger partial charge is 0.440 e. The molecule has 1 rings (SSSR count). The Hall–Kier alpha value is -0.0551. The average Bonchev–Trinajstić information content (AvgIpc) is 1.91. The first-order valence-electron chi connectivity index (χ1n) is 3.23. The summed E-state index contributed by atoms with van der Waals surface area (Å²) in [6, 6.07) is 0.420. The fraction of sp³-hybridized carbons (Fsp3) is 1.00. The van der Waals surface area contributed by atoms with Gasteiger partial charge in [-0.25, -0.2) is 0 Å². The first kappa shape index (κ1) is 7.06. The molecule has 0 aromatic heterocycles. The summed E-state index contributed by atoms with van der Waals surface area (Å²) < 4.78 is 5.11. The molecule has 2 N–H and O–H groups in total. The lowest BCUT2D eigenvalue weighted by Crippen LogP contribution is -2.36. The van der Waals surface area contributed by atoms with Crippen molar-refractivity contribution in [1.82, 2.24) is 5.23 Å². The summed E-state index contributed by atoms with van der Waals surface area (Å²) in [5.74, 6) is 0. The molecule has 3 nitrogen and oxygen atoms in total. The Bertz CT molecular complexity index is 72.6. The van der Waals surface area contributed by atoms with E-state index in [-0.39, 0.29) is 0 Å².